The lowest BCUT2D eigenvalue weighted by Gasteiger charge is -2.18. The lowest BCUT2D eigenvalue weighted by atomic mass is 10.1. The number of aromatic nitrogens is 3. The van der Waals surface area contributed by atoms with Gasteiger partial charge in [0.2, 0.25) is 0 Å². The molecule has 2 aromatic heterocycles. The number of rotatable bonds is 7. The second-order valence-corrected chi connectivity index (χ2v) is 5.53. The Kier molecular flexibility index (Phi) is 5.70. The average molecular weight is 338 g/mol. The summed E-state index contributed by atoms with van der Waals surface area (Å²) in [5.74, 6) is 5.73. The molecule has 2 rings (SSSR count). The molecule has 0 radical (unpaired) electrons. The molecule has 3 N–H and O–H groups in total. The van der Waals surface area contributed by atoms with Gasteiger partial charge in [0.15, 0.2) is 0 Å². The van der Waals surface area contributed by atoms with Crippen molar-refractivity contribution in [2.45, 2.75) is 38.8 Å². The van der Waals surface area contributed by atoms with Crippen LogP contribution in [0.1, 0.15) is 37.2 Å². The third kappa shape index (κ3) is 3.65. The minimum absolute atomic E-state index is 0.0560. The number of nitrogens with two attached hydrogens (primary N) is 1. The van der Waals surface area contributed by atoms with Gasteiger partial charge in [-0.1, -0.05) is 13.0 Å². The lowest BCUT2D eigenvalue weighted by Crippen LogP contribution is -2.30. The van der Waals surface area contributed by atoms with E-state index in [0.717, 1.165) is 41.7 Å². The quantitative estimate of drug-likeness (QED) is 0.601. The Bertz CT molecular complexity index is 526. The summed E-state index contributed by atoms with van der Waals surface area (Å²) in [5, 5.41) is 4.39. The van der Waals surface area contributed by atoms with Crippen LogP contribution in [0.3, 0.4) is 0 Å². The first-order chi connectivity index (χ1) is 9.76. The molecule has 0 aliphatic carbocycles. The maximum Gasteiger partial charge on any atom is 0.0709 e. The summed E-state index contributed by atoms with van der Waals surface area (Å²) < 4.78 is 3.00. The molecule has 0 aliphatic heterocycles. The fraction of sp³-hybridized carbons (Fsp3) is 0.429. The van der Waals surface area contributed by atoms with Crippen LogP contribution in [0.5, 0.6) is 0 Å². The van der Waals surface area contributed by atoms with Crippen molar-refractivity contribution in [3.8, 4) is 0 Å². The van der Waals surface area contributed by atoms with Gasteiger partial charge in [0, 0.05) is 18.4 Å². The van der Waals surface area contributed by atoms with Crippen LogP contribution in [-0.4, -0.2) is 14.8 Å². The molecule has 0 amide bonds. The minimum Gasteiger partial charge on any atom is -0.271 e. The molecule has 2 heterocycles. The van der Waals surface area contributed by atoms with Crippen LogP contribution < -0.4 is 11.3 Å². The third-order valence-electron chi connectivity index (χ3n) is 3.22. The van der Waals surface area contributed by atoms with Crippen molar-refractivity contribution >= 4 is 15.9 Å². The monoisotopic (exact) mass is 337 g/mol. The number of nitrogens with one attached hydrogen (secondary N) is 1. The molecular weight excluding hydrogens is 318 g/mol. The predicted octanol–water partition coefficient (Wildman–Crippen LogP) is 2.59. The van der Waals surface area contributed by atoms with E-state index in [0.29, 0.717) is 0 Å². The fourth-order valence-corrected chi connectivity index (χ4v) is 2.82. The molecule has 0 fully saturated rings. The number of hydrogen-bond donors (Lipinski definition) is 2. The van der Waals surface area contributed by atoms with E-state index in [1.54, 1.807) is 0 Å². The number of halogens is 1. The Hall–Kier alpha value is -1.24. The molecule has 0 aliphatic rings. The first-order valence-corrected chi connectivity index (χ1v) is 7.62. The normalized spacial score (nSPS) is 12.6. The topological polar surface area (TPSA) is 68.8 Å². The summed E-state index contributed by atoms with van der Waals surface area (Å²) in [7, 11) is 0. The third-order valence-corrected chi connectivity index (χ3v) is 3.83. The smallest absolute Gasteiger partial charge is 0.0709 e. The summed E-state index contributed by atoms with van der Waals surface area (Å²) in [6.45, 7) is 3.03. The van der Waals surface area contributed by atoms with Crippen LogP contribution in [-0.2, 0) is 13.0 Å². The van der Waals surface area contributed by atoms with Crippen molar-refractivity contribution < 1.29 is 0 Å². The van der Waals surface area contributed by atoms with Gasteiger partial charge in [0.1, 0.15) is 0 Å². The molecule has 1 atom stereocenters. The fourth-order valence-electron chi connectivity index (χ4n) is 2.25. The molecule has 0 spiro atoms. The van der Waals surface area contributed by atoms with Crippen molar-refractivity contribution in [1.82, 2.24) is 20.2 Å². The van der Waals surface area contributed by atoms with E-state index in [1.807, 2.05) is 35.3 Å². The highest BCUT2D eigenvalue weighted by atomic mass is 79.9. The predicted molar refractivity (Wildman–Crippen MR) is 82.8 cm³/mol. The van der Waals surface area contributed by atoms with E-state index in [-0.39, 0.29) is 6.04 Å². The van der Waals surface area contributed by atoms with Gasteiger partial charge >= 0.3 is 0 Å². The molecule has 0 bridgehead atoms. The van der Waals surface area contributed by atoms with Crippen molar-refractivity contribution in [1.29, 1.82) is 0 Å². The number of hydrogen-bond acceptors (Lipinski definition) is 4. The Labute approximate surface area is 127 Å². The second kappa shape index (κ2) is 7.52. The minimum atomic E-state index is 0.0560. The Morgan fingerprint density at radius 1 is 1.45 bits per heavy atom. The molecular formula is C14H20BrN5. The van der Waals surface area contributed by atoms with Crippen LogP contribution in [0.4, 0.5) is 0 Å². The first-order valence-electron chi connectivity index (χ1n) is 6.83. The summed E-state index contributed by atoms with van der Waals surface area (Å²) in [6, 6.07) is 6.02. The number of hydrazine groups is 1. The van der Waals surface area contributed by atoms with Crippen LogP contribution in [0.2, 0.25) is 0 Å². The van der Waals surface area contributed by atoms with Gasteiger partial charge in [-0.05, 0) is 47.3 Å². The molecule has 0 aromatic carbocycles. The van der Waals surface area contributed by atoms with Gasteiger partial charge in [-0.25, -0.2) is 0 Å². The van der Waals surface area contributed by atoms with E-state index in [2.05, 4.69) is 38.4 Å². The standard InChI is InChI=1S/C14H20BrN5/c1-2-9-20-14(12(15)10-18-20)13(19-16)7-6-11-5-3-4-8-17-11/h3-5,8,10,13,19H,2,6-7,9,16H2,1H3. The van der Waals surface area contributed by atoms with Crippen molar-refractivity contribution in [2.24, 2.45) is 5.84 Å². The van der Waals surface area contributed by atoms with E-state index in [9.17, 15) is 0 Å². The van der Waals surface area contributed by atoms with Gasteiger partial charge in [-0.3, -0.25) is 20.9 Å². The highest BCUT2D eigenvalue weighted by Gasteiger charge is 2.18. The summed E-state index contributed by atoms with van der Waals surface area (Å²) in [4.78, 5) is 4.34. The maximum absolute atomic E-state index is 5.73. The Balaban J connectivity index is 2.10. The zero-order valence-corrected chi connectivity index (χ0v) is 13.2. The van der Waals surface area contributed by atoms with Gasteiger partial charge in [0.05, 0.1) is 22.4 Å². The molecule has 0 saturated heterocycles. The van der Waals surface area contributed by atoms with Crippen LogP contribution >= 0.6 is 15.9 Å². The van der Waals surface area contributed by atoms with Crippen LogP contribution in [0.15, 0.2) is 35.1 Å². The number of nitrogens with zero attached hydrogens (tertiary/aromatic N) is 3. The van der Waals surface area contributed by atoms with Gasteiger partial charge < -0.3 is 0 Å². The van der Waals surface area contributed by atoms with Crippen molar-refractivity contribution in [2.75, 3.05) is 0 Å². The largest absolute Gasteiger partial charge is 0.271 e. The van der Waals surface area contributed by atoms with Gasteiger partial charge in [0.25, 0.3) is 0 Å². The molecule has 1 unspecified atom stereocenters. The zero-order chi connectivity index (χ0) is 14.4. The van der Waals surface area contributed by atoms with E-state index >= 15 is 0 Å². The molecule has 5 nitrogen and oxygen atoms in total. The molecule has 108 valence electrons. The molecule has 20 heavy (non-hydrogen) atoms. The van der Waals surface area contributed by atoms with E-state index in [4.69, 9.17) is 5.84 Å². The summed E-state index contributed by atoms with van der Waals surface area (Å²) in [6.07, 6.45) is 6.44. The van der Waals surface area contributed by atoms with Crippen molar-refractivity contribution in [3.63, 3.8) is 0 Å². The Morgan fingerprint density at radius 3 is 2.95 bits per heavy atom. The van der Waals surface area contributed by atoms with Gasteiger partial charge in [-0.15, -0.1) is 0 Å². The van der Waals surface area contributed by atoms with E-state index in [1.165, 1.54) is 0 Å². The number of aryl methyl sites for hydroxylation is 2. The lowest BCUT2D eigenvalue weighted by molar-refractivity contribution is 0.454. The van der Waals surface area contributed by atoms with Crippen molar-refractivity contribution in [3.05, 3.63) is 46.5 Å². The van der Waals surface area contributed by atoms with Crippen LogP contribution in [0, 0.1) is 0 Å². The summed E-state index contributed by atoms with van der Waals surface area (Å²) in [5.41, 5.74) is 5.07. The highest BCUT2D eigenvalue weighted by molar-refractivity contribution is 9.10. The first kappa shape index (κ1) is 15.2. The highest BCUT2D eigenvalue weighted by Crippen LogP contribution is 2.26. The number of pyridine rings is 1. The molecule has 0 saturated carbocycles. The zero-order valence-electron chi connectivity index (χ0n) is 11.6. The molecule has 2 aromatic rings. The average Bonchev–Trinajstić information content (AvgIpc) is 2.83. The SMILES string of the molecule is CCCn1ncc(Br)c1C(CCc1ccccn1)NN. The van der Waals surface area contributed by atoms with Gasteiger partial charge in [-0.2, -0.15) is 5.10 Å². The second-order valence-electron chi connectivity index (χ2n) is 4.68. The van der Waals surface area contributed by atoms with E-state index < -0.39 is 0 Å². The summed E-state index contributed by atoms with van der Waals surface area (Å²) >= 11 is 3.56. The Morgan fingerprint density at radius 2 is 2.30 bits per heavy atom. The molecule has 6 heteroatoms. The maximum atomic E-state index is 5.73. The van der Waals surface area contributed by atoms with Crippen LogP contribution in [0.25, 0.3) is 0 Å².